The van der Waals surface area contributed by atoms with Crippen LogP contribution in [0.5, 0.6) is 0 Å². The van der Waals surface area contributed by atoms with E-state index in [2.05, 4.69) is 0 Å². The van der Waals surface area contributed by atoms with Gasteiger partial charge in [-0.2, -0.15) is 5.26 Å². The highest BCUT2D eigenvalue weighted by atomic mass is 35.5. The van der Waals surface area contributed by atoms with Gasteiger partial charge in [-0.3, -0.25) is 0 Å². The summed E-state index contributed by atoms with van der Waals surface area (Å²) >= 11 is 5.43. The zero-order valence-corrected chi connectivity index (χ0v) is 5.35. The smallest absolute Gasteiger partial charge is 0.203 e. The van der Waals surface area contributed by atoms with Crippen molar-refractivity contribution < 1.29 is 4.42 Å². The van der Waals surface area contributed by atoms with Crippen molar-refractivity contribution in [3.63, 3.8) is 0 Å². The Labute approximate surface area is 57.7 Å². The number of furan rings is 1. The van der Waals surface area contributed by atoms with Crippen LogP contribution in [0, 0.1) is 11.3 Å². The molecule has 0 aromatic carbocycles. The van der Waals surface area contributed by atoms with E-state index in [0.29, 0.717) is 11.6 Å². The minimum absolute atomic E-state index is 0.311. The minimum atomic E-state index is 0.311. The molecule has 46 valence electrons. The van der Waals surface area contributed by atoms with Crippen molar-refractivity contribution in [3.8, 4) is 6.07 Å². The summed E-state index contributed by atoms with van der Waals surface area (Å²) in [5.41, 5.74) is 0.841. The monoisotopic (exact) mass is 141 g/mol. The van der Waals surface area contributed by atoms with Crippen molar-refractivity contribution in [2.24, 2.45) is 0 Å². The first kappa shape index (κ1) is 6.18. The fraction of sp³-hybridized carbons (Fsp3) is 0.167. The number of halogens is 1. The summed E-state index contributed by atoms with van der Waals surface area (Å²) in [5.74, 6) is 0.705. The topological polar surface area (TPSA) is 36.9 Å². The lowest BCUT2D eigenvalue weighted by Crippen LogP contribution is -1.65. The number of hydrogen-bond acceptors (Lipinski definition) is 2. The Morgan fingerprint density at radius 1 is 1.78 bits per heavy atom. The highest BCUT2D eigenvalue weighted by Crippen LogP contribution is 2.07. The van der Waals surface area contributed by atoms with Gasteiger partial charge in [0.15, 0.2) is 0 Å². The fourth-order valence-corrected chi connectivity index (χ4v) is 0.644. The SMILES string of the molecule is N#Cc1cc(CCl)co1. The summed E-state index contributed by atoms with van der Waals surface area (Å²) in [4.78, 5) is 0. The highest BCUT2D eigenvalue weighted by Gasteiger charge is 1.96. The molecule has 0 atom stereocenters. The van der Waals surface area contributed by atoms with Gasteiger partial charge in [-0.05, 0) is 6.07 Å². The average molecular weight is 142 g/mol. The first-order valence-corrected chi connectivity index (χ1v) is 2.93. The molecule has 0 bridgehead atoms. The van der Waals surface area contributed by atoms with Crippen LogP contribution in [0.15, 0.2) is 16.7 Å². The van der Waals surface area contributed by atoms with Crippen molar-refractivity contribution in [1.29, 1.82) is 5.26 Å². The predicted octanol–water partition coefficient (Wildman–Crippen LogP) is 1.89. The van der Waals surface area contributed by atoms with Gasteiger partial charge in [-0.15, -0.1) is 11.6 Å². The van der Waals surface area contributed by atoms with Gasteiger partial charge in [0, 0.05) is 5.56 Å². The first-order valence-electron chi connectivity index (χ1n) is 2.40. The molecule has 1 aromatic rings. The lowest BCUT2D eigenvalue weighted by Gasteiger charge is -1.74. The summed E-state index contributed by atoms with van der Waals surface area (Å²) < 4.78 is 4.76. The van der Waals surface area contributed by atoms with Gasteiger partial charge in [0.1, 0.15) is 6.07 Å². The lowest BCUT2D eigenvalue weighted by atomic mass is 10.3. The summed E-state index contributed by atoms with van der Waals surface area (Å²) in [6, 6.07) is 3.47. The van der Waals surface area contributed by atoms with E-state index in [4.69, 9.17) is 21.3 Å². The molecule has 3 heteroatoms. The molecular formula is C6H4ClNO. The third kappa shape index (κ3) is 1.24. The summed E-state index contributed by atoms with van der Waals surface area (Å²) in [6.07, 6.45) is 1.48. The van der Waals surface area contributed by atoms with Gasteiger partial charge in [0.05, 0.1) is 12.1 Å². The van der Waals surface area contributed by atoms with Crippen LogP contribution in [0.4, 0.5) is 0 Å². The van der Waals surface area contributed by atoms with Crippen molar-refractivity contribution in [2.75, 3.05) is 0 Å². The molecule has 0 aliphatic carbocycles. The van der Waals surface area contributed by atoms with Crippen molar-refractivity contribution in [1.82, 2.24) is 0 Å². The van der Waals surface area contributed by atoms with Gasteiger partial charge in [0.2, 0.25) is 5.76 Å². The van der Waals surface area contributed by atoms with Gasteiger partial charge in [0.25, 0.3) is 0 Å². The molecule has 0 spiro atoms. The van der Waals surface area contributed by atoms with E-state index in [-0.39, 0.29) is 0 Å². The summed E-state index contributed by atoms with van der Waals surface area (Å²) in [7, 11) is 0. The van der Waals surface area contributed by atoms with Gasteiger partial charge in [-0.1, -0.05) is 0 Å². The number of alkyl halides is 1. The van der Waals surface area contributed by atoms with Crippen LogP contribution in [0.25, 0.3) is 0 Å². The molecular weight excluding hydrogens is 138 g/mol. The van der Waals surface area contributed by atoms with E-state index in [9.17, 15) is 0 Å². The third-order valence-electron chi connectivity index (χ3n) is 0.918. The second-order valence-corrected chi connectivity index (χ2v) is 1.83. The van der Waals surface area contributed by atoms with E-state index >= 15 is 0 Å². The molecule has 0 saturated carbocycles. The van der Waals surface area contributed by atoms with Crippen LogP contribution in [0.3, 0.4) is 0 Å². The predicted molar refractivity (Wildman–Crippen MR) is 33.0 cm³/mol. The van der Waals surface area contributed by atoms with E-state index in [1.807, 2.05) is 6.07 Å². The molecule has 0 aliphatic rings. The Morgan fingerprint density at radius 2 is 2.56 bits per heavy atom. The maximum absolute atomic E-state index is 8.26. The van der Waals surface area contributed by atoms with Crippen LogP contribution in [-0.4, -0.2) is 0 Å². The zero-order valence-electron chi connectivity index (χ0n) is 4.60. The van der Waals surface area contributed by atoms with Crippen LogP contribution < -0.4 is 0 Å². The zero-order chi connectivity index (χ0) is 6.69. The molecule has 1 aromatic heterocycles. The van der Waals surface area contributed by atoms with Gasteiger partial charge < -0.3 is 4.42 Å². The van der Waals surface area contributed by atoms with E-state index in [1.54, 1.807) is 6.07 Å². The fourth-order valence-electron chi connectivity index (χ4n) is 0.504. The molecule has 0 fully saturated rings. The van der Waals surface area contributed by atoms with Gasteiger partial charge in [-0.25, -0.2) is 0 Å². The number of nitrogens with zero attached hydrogens (tertiary/aromatic N) is 1. The molecule has 1 rings (SSSR count). The second-order valence-electron chi connectivity index (χ2n) is 1.56. The maximum atomic E-state index is 8.26. The van der Waals surface area contributed by atoms with Crippen LogP contribution >= 0.6 is 11.6 Å². The van der Waals surface area contributed by atoms with Crippen LogP contribution in [-0.2, 0) is 5.88 Å². The maximum Gasteiger partial charge on any atom is 0.203 e. The molecule has 0 radical (unpaired) electrons. The largest absolute Gasteiger partial charge is 0.454 e. The van der Waals surface area contributed by atoms with Crippen LogP contribution in [0.2, 0.25) is 0 Å². The van der Waals surface area contributed by atoms with E-state index in [0.717, 1.165) is 5.56 Å². The van der Waals surface area contributed by atoms with E-state index < -0.39 is 0 Å². The Morgan fingerprint density at radius 3 is 2.89 bits per heavy atom. The molecule has 2 nitrogen and oxygen atoms in total. The van der Waals surface area contributed by atoms with Crippen molar-refractivity contribution in [3.05, 3.63) is 23.7 Å². The Bertz CT molecular complexity index is 235. The molecule has 0 amide bonds. The van der Waals surface area contributed by atoms with Crippen molar-refractivity contribution in [2.45, 2.75) is 5.88 Å². The van der Waals surface area contributed by atoms with Crippen molar-refractivity contribution >= 4 is 11.6 Å². The van der Waals surface area contributed by atoms with Crippen LogP contribution in [0.1, 0.15) is 11.3 Å². The number of rotatable bonds is 1. The molecule has 1 heterocycles. The lowest BCUT2D eigenvalue weighted by molar-refractivity contribution is 0.551. The number of hydrogen-bond donors (Lipinski definition) is 0. The second kappa shape index (κ2) is 2.56. The summed E-state index contributed by atoms with van der Waals surface area (Å²) in [6.45, 7) is 0. The average Bonchev–Trinajstić information content (AvgIpc) is 2.34. The standard InChI is InChI=1S/C6H4ClNO/c7-2-5-1-6(3-8)9-4-5/h1,4H,2H2. The number of nitriles is 1. The minimum Gasteiger partial charge on any atom is -0.454 e. The van der Waals surface area contributed by atoms with E-state index in [1.165, 1.54) is 6.26 Å². The third-order valence-corrected chi connectivity index (χ3v) is 1.23. The van der Waals surface area contributed by atoms with Gasteiger partial charge >= 0.3 is 0 Å². The quantitative estimate of drug-likeness (QED) is 0.560. The molecule has 0 aliphatic heterocycles. The molecule has 0 saturated heterocycles. The Kier molecular flexibility index (Phi) is 1.76. The Balaban J connectivity index is 2.90. The molecule has 0 N–H and O–H groups in total. The first-order chi connectivity index (χ1) is 4.36. The molecule has 9 heavy (non-hydrogen) atoms. The normalized spacial score (nSPS) is 8.89. The highest BCUT2D eigenvalue weighted by molar-refractivity contribution is 6.17. The molecule has 0 unspecified atom stereocenters. The summed E-state index contributed by atoms with van der Waals surface area (Å²) in [5, 5.41) is 8.26. The Hall–Kier alpha value is -0.940.